The second-order valence-electron chi connectivity index (χ2n) is 7.51. The van der Waals surface area contributed by atoms with Crippen LogP contribution in [0.4, 0.5) is 27.4 Å². The normalized spacial score (nSPS) is 14.7. The number of benzene rings is 2. The van der Waals surface area contributed by atoms with E-state index in [1.807, 2.05) is 17.0 Å². The number of nitrogens with zero attached hydrogens (tertiary/aromatic N) is 3. The van der Waals surface area contributed by atoms with E-state index in [0.29, 0.717) is 55.0 Å². The first-order chi connectivity index (χ1) is 15.5. The summed E-state index contributed by atoms with van der Waals surface area (Å²) in [5, 5.41) is 5.80. The van der Waals surface area contributed by atoms with Crippen LogP contribution in [0.2, 0.25) is 0 Å². The largest absolute Gasteiger partial charge is 0.378 e. The molecule has 9 heteroatoms. The number of nitrogens with two attached hydrogens (primary N) is 1. The number of amides is 1. The molecule has 4 rings (SSSR count). The van der Waals surface area contributed by atoms with Crippen LogP contribution < -0.4 is 21.3 Å². The zero-order chi connectivity index (χ0) is 22.5. The van der Waals surface area contributed by atoms with Gasteiger partial charge in [-0.3, -0.25) is 4.79 Å². The first-order valence-electron chi connectivity index (χ1n) is 10.4. The van der Waals surface area contributed by atoms with Crippen LogP contribution in [-0.2, 0) is 9.53 Å². The van der Waals surface area contributed by atoms with Crippen LogP contribution in [0, 0.1) is 5.82 Å². The summed E-state index contributed by atoms with van der Waals surface area (Å²) in [5.41, 5.74) is 8.89. The van der Waals surface area contributed by atoms with Crippen molar-refractivity contribution in [2.45, 2.75) is 13.0 Å². The van der Waals surface area contributed by atoms with E-state index in [9.17, 15) is 9.18 Å². The summed E-state index contributed by atoms with van der Waals surface area (Å²) in [6.07, 6.45) is 1.63. The predicted octanol–water partition coefficient (Wildman–Crippen LogP) is 3.15. The van der Waals surface area contributed by atoms with E-state index in [-0.39, 0.29) is 11.7 Å². The molecule has 0 radical (unpaired) electrons. The fourth-order valence-corrected chi connectivity index (χ4v) is 3.33. The summed E-state index contributed by atoms with van der Waals surface area (Å²) < 4.78 is 20.0. The molecule has 166 valence electrons. The third-order valence-corrected chi connectivity index (χ3v) is 5.07. The summed E-state index contributed by atoms with van der Waals surface area (Å²) in [6, 6.07) is 13.5. The van der Waals surface area contributed by atoms with Gasteiger partial charge in [-0.05, 0) is 43.3 Å². The van der Waals surface area contributed by atoms with Gasteiger partial charge < -0.3 is 26.0 Å². The van der Waals surface area contributed by atoms with E-state index >= 15 is 0 Å². The molecule has 0 spiro atoms. The van der Waals surface area contributed by atoms with Crippen LogP contribution in [0.15, 0.2) is 54.7 Å². The van der Waals surface area contributed by atoms with Gasteiger partial charge in [-0.1, -0.05) is 12.1 Å². The number of rotatable bonds is 6. The molecule has 0 unspecified atom stereocenters. The number of hydrogen-bond acceptors (Lipinski definition) is 7. The molecule has 1 amide bonds. The molecule has 1 saturated heterocycles. The fraction of sp³-hybridized carbons (Fsp3) is 0.261. The fourth-order valence-electron chi connectivity index (χ4n) is 3.33. The van der Waals surface area contributed by atoms with Crippen molar-refractivity contribution in [1.82, 2.24) is 9.97 Å². The van der Waals surface area contributed by atoms with Crippen molar-refractivity contribution >= 4 is 28.9 Å². The summed E-state index contributed by atoms with van der Waals surface area (Å²) >= 11 is 0. The van der Waals surface area contributed by atoms with E-state index < -0.39 is 6.04 Å². The van der Waals surface area contributed by atoms with Gasteiger partial charge in [0.2, 0.25) is 11.9 Å². The number of aromatic nitrogens is 2. The third-order valence-electron chi connectivity index (χ3n) is 5.07. The molecule has 4 N–H and O–H groups in total. The Morgan fingerprint density at radius 3 is 2.53 bits per heavy atom. The number of morpholine rings is 1. The molecule has 0 aliphatic carbocycles. The Balaban J connectivity index is 1.46. The summed E-state index contributed by atoms with van der Waals surface area (Å²) in [6.45, 7) is 4.16. The second-order valence-corrected chi connectivity index (χ2v) is 7.51. The first kappa shape index (κ1) is 21.7. The van der Waals surface area contributed by atoms with Crippen LogP contribution in [-0.4, -0.2) is 48.2 Å². The molecule has 0 bridgehead atoms. The topological polar surface area (TPSA) is 105 Å². The summed E-state index contributed by atoms with van der Waals surface area (Å²) in [5.74, 6) is -0.203. The highest BCUT2D eigenvalue weighted by Gasteiger charge is 2.15. The highest BCUT2D eigenvalue weighted by molar-refractivity contribution is 5.94. The lowest BCUT2D eigenvalue weighted by molar-refractivity contribution is -0.117. The van der Waals surface area contributed by atoms with Crippen molar-refractivity contribution < 1.29 is 13.9 Å². The number of hydrogen-bond donors (Lipinski definition) is 3. The van der Waals surface area contributed by atoms with Gasteiger partial charge in [0.15, 0.2) is 0 Å². The maximum Gasteiger partial charge on any atom is 0.240 e. The van der Waals surface area contributed by atoms with Gasteiger partial charge in [-0.2, -0.15) is 0 Å². The van der Waals surface area contributed by atoms with Gasteiger partial charge in [0.05, 0.1) is 30.6 Å². The Hall–Kier alpha value is -3.56. The van der Waals surface area contributed by atoms with E-state index in [1.165, 1.54) is 6.07 Å². The lowest BCUT2D eigenvalue weighted by Crippen LogP contribution is -2.36. The average Bonchev–Trinajstić information content (AvgIpc) is 2.80. The van der Waals surface area contributed by atoms with Crippen molar-refractivity contribution in [2.75, 3.05) is 41.8 Å². The number of carbonyl (C=O) groups is 1. The number of nitrogens with one attached hydrogen (secondary N) is 2. The molecular weight excluding hydrogens is 411 g/mol. The maximum absolute atomic E-state index is 14.7. The van der Waals surface area contributed by atoms with Gasteiger partial charge in [0.1, 0.15) is 5.82 Å². The molecule has 8 nitrogen and oxygen atoms in total. The van der Waals surface area contributed by atoms with Crippen LogP contribution in [0.1, 0.15) is 6.92 Å². The Morgan fingerprint density at radius 2 is 1.84 bits per heavy atom. The Bertz CT molecular complexity index is 1080. The molecule has 0 saturated carbocycles. The third kappa shape index (κ3) is 5.19. The Kier molecular flexibility index (Phi) is 6.58. The number of ether oxygens (including phenoxy) is 1. The number of halogens is 1. The maximum atomic E-state index is 14.7. The minimum absolute atomic E-state index is 0.252. The zero-order valence-corrected chi connectivity index (χ0v) is 17.7. The zero-order valence-electron chi connectivity index (χ0n) is 17.7. The second kappa shape index (κ2) is 9.71. The molecule has 1 fully saturated rings. The highest BCUT2D eigenvalue weighted by atomic mass is 19.1. The summed E-state index contributed by atoms with van der Waals surface area (Å²) in [4.78, 5) is 22.4. The van der Waals surface area contributed by atoms with Crippen molar-refractivity contribution in [2.24, 2.45) is 5.73 Å². The van der Waals surface area contributed by atoms with E-state index in [4.69, 9.17) is 10.5 Å². The van der Waals surface area contributed by atoms with Gasteiger partial charge in [-0.25, -0.2) is 14.4 Å². The molecule has 2 aromatic carbocycles. The minimum Gasteiger partial charge on any atom is -0.378 e. The lowest BCUT2D eigenvalue weighted by atomic mass is 10.1. The Morgan fingerprint density at radius 1 is 1.12 bits per heavy atom. The minimum atomic E-state index is -0.585. The van der Waals surface area contributed by atoms with Crippen LogP contribution in [0.3, 0.4) is 0 Å². The predicted molar refractivity (Wildman–Crippen MR) is 122 cm³/mol. The standard InChI is InChI=1S/C23H25FN6O2/c1-15(25)22(31)27-17-4-2-16(3-5-17)20-8-9-26-23(29-20)28-18-6-7-21(19(24)14-18)30-10-12-32-13-11-30/h2-9,14-15H,10-13,25H2,1H3,(H,27,31)(H,26,28,29)/t15-/m1/s1. The molecule has 1 aliphatic heterocycles. The van der Waals surface area contributed by atoms with Crippen molar-refractivity contribution in [3.05, 3.63) is 60.5 Å². The van der Waals surface area contributed by atoms with Gasteiger partial charge in [0, 0.05) is 36.2 Å². The molecule has 1 atom stereocenters. The quantitative estimate of drug-likeness (QED) is 0.545. The van der Waals surface area contributed by atoms with Crippen LogP contribution >= 0.6 is 0 Å². The molecule has 2 heterocycles. The van der Waals surface area contributed by atoms with Crippen LogP contribution in [0.5, 0.6) is 0 Å². The lowest BCUT2D eigenvalue weighted by Gasteiger charge is -2.29. The highest BCUT2D eigenvalue weighted by Crippen LogP contribution is 2.26. The molecular formula is C23H25FN6O2. The van der Waals surface area contributed by atoms with Gasteiger partial charge in [0.25, 0.3) is 0 Å². The first-order valence-corrected chi connectivity index (χ1v) is 10.4. The monoisotopic (exact) mass is 436 g/mol. The smallest absolute Gasteiger partial charge is 0.240 e. The number of anilines is 4. The van der Waals surface area contributed by atoms with E-state index in [2.05, 4.69) is 20.6 Å². The average molecular weight is 436 g/mol. The molecule has 1 aromatic heterocycles. The number of carbonyl (C=O) groups excluding carboxylic acids is 1. The van der Waals surface area contributed by atoms with Crippen molar-refractivity contribution in [3.63, 3.8) is 0 Å². The SMILES string of the molecule is C[C@@H](N)C(=O)Nc1ccc(-c2ccnc(Nc3ccc(N4CCOCC4)c(F)c3)n2)cc1. The molecule has 32 heavy (non-hydrogen) atoms. The van der Waals surface area contributed by atoms with Gasteiger partial charge >= 0.3 is 0 Å². The van der Waals surface area contributed by atoms with Gasteiger partial charge in [-0.15, -0.1) is 0 Å². The van der Waals surface area contributed by atoms with E-state index in [1.54, 1.807) is 43.5 Å². The Labute approximate surface area is 185 Å². The van der Waals surface area contributed by atoms with Crippen LogP contribution in [0.25, 0.3) is 11.3 Å². The van der Waals surface area contributed by atoms with Crippen molar-refractivity contribution in [3.8, 4) is 11.3 Å². The van der Waals surface area contributed by atoms with E-state index in [0.717, 1.165) is 5.56 Å². The molecule has 3 aromatic rings. The van der Waals surface area contributed by atoms with Crippen molar-refractivity contribution in [1.29, 1.82) is 0 Å². The molecule has 1 aliphatic rings. The summed E-state index contributed by atoms with van der Waals surface area (Å²) in [7, 11) is 0.